The third kappa shape index (κ3) is 4.89. The lowest BCUT2D eigenvalue weighted by Crippen LogP contribution is -2.35. The smallest absolute Gasteiger partial charge is 0.151 e. The molecule has 1 aliphatic rings. The van der Waals surface area contributed by atoms with Crippen LogP contribution in [0.3, 0.4) is 0 Å². The highest BCUT2D eigenvalue weighted by Crippen LogP contribution is 2.29. The van der Waals surface area contributed by atoms with E-state index >= 15 is 0 Å². The number of nitrogens with zero attached hydrogens (tertiary/aromatic N) is 3. The van der Waals surface area contributed by atoms with Crippen LogP contribution in [0.1, 0.15) is 12.0 Å². The van der Waals surface area contributed by atoms with Crippen molar-refractivity contribution in [3.63, 3.8) is 0 Å². The van der Waals surface area contributed by atoms with Crippen LogP contribution < -0.4 is 4.74 Å². The van der Waals surface area contributed by atoms with Gasteiger partial charge in [0.25, 0.3) is 0 Å². The van der Waals surface area contributed by atoms with Gasteiger partial charge in [-0.05, 0) is 30.7 Å². The fourth-order valence-corrected chi connectivity index (χ4v) is 5.80. The minimum absolute atomic E-state index is 0.0127. The molecule has 1 saturated heterocycles. The maximum atomic E-state index is 12.1. The molecule has 0 bridgehead atoms. The van der Waals surface area contributed by atoms with Gasteiger partial charge in [0.05, 0.1) is 30.0 Å². The van der Waals surface area contributed by atoms with E-state index in [9.17, 15) is 8.42 Å². The largest absolute Gasteiger partial charge is 0.497 e. The first-order chi connectivity index (χ1) is 15.0. The molecule has 31 heavy (non-hydrogen) atoms. The molecule has 0 amide bonds. The van der Waals surface area contributed by atoms with Gasteiger partial charge in [0, 0.05) is 36.5 Å². The van der Waals surface area contributed by atoms with Crippen molar-refractivity contribution in [2.75, 3.05) is 25.2 Å². The van der Waals surface area contributed by atoms with E-state index in [1.54, 1.807) is 7.11 Å². The number of aromatic nitrogens is 2. The zero-order valence-electron chi connectivity index (χ0n) is 17.6. The lowest BCUT2D eigenvalue weighted by atomic mass is 10.1. The van der Waals surface area contributed by atoms with Crippen LogP contribution in [0, 0.1) is 0 Å². The van der Waals surface area contributed by atoms with Crippen LogP contribution in [0.15, 0.2) is 73.4 Å². The Morgan fingerprint density at radius 2 is 2.03 bits per heavy atom. The molecular weight excluding hydrogens is 410 g/mol. The molecule has 2 aromatic carbocycles. The van der Waals surface area contributed by atoms with Crippen molar-refractivity contribution in [1.82, 2.24) is 14.7 Å². The van der Waals surface area contributed by atoms with Crippen LogP contribution in [-0.4, -0.2) is 54.3 Å². The minimum atomic E-state index is -2.97. The zero-order valence-corrected chi connectivity index (χ0v) is 18.5. The Labute approximate surface area is 183 Å². The van der Waals surface area contributed by atoms with E-state index in [0.29, 0.717) is 19.5 Å². The third-order valence-corrected chi connectivity index (χ3v) is 7.37. The number of ether oxygens (including phenoxy) is 1. The van der Waals surface area contributed by atoms with Gasteiger partial charge < -0.3 is 4.74 Å². The lowest BCUT2D eigenvalue weighted by molar-refractivity contribution is 0.227. The van der Waals surface area contributed by atoms with Gasteiger partial charge >= 0.3 is 0 Å². The summed E-state index contributed by atoms with van der Waals surface area (Å²) < 4.78 is 31.4. The van der Waals surface area contributed by atoms with E-state index < -0.39 is 9.84 Å². The molecule has 162 valence electrons. The highest BCUT2D eigenvalue weighted by Gasteiger charge is 2.32. The fraction of sp³-hybridized carbons (Fsp3) is 0.292. The van der Waals surface area contributed by atoms with Crippen LogP contribution in [0.5, 0.6) is 5.75 Å². The first-order valence-corrected chi connectivity index (χ1v) is 12.1. The molecular formula is C24H27N3O3S. The van der Waals surface area contributed by atoms with Crippen molar-refractivity contribution in [2.24, 2.45) is 0 Å². The normalized spacial score (nSPS) is 17.7. The summed E-state index contributed by atoms with van der Waals surface area (Å²) in [6.07, 6.45) is 4.51. The maximum absolute atomic E-state index is 12.1. The van der Waals surface area contributed by atoms with E-state index in [1.807, 2.05) is 71.6 Å². The summed E-state index contributed by atoms with van der Waals surface area (Å²) in [5.41, 5.74) is 3.82. The molecule has 2 heterocycles. The Bertz CT molecular complexity index is 1160. The van der Waals surface area contributed by atoms with Crippen LogP contribution in [-0.2, 0) is 16.4 Å². The molecule has 1 aliphatic heterocycles. The predicted molar refractivity (Wildman–Crippen MR) is 123 cm³/mol. The number of hydrogen-bond donors (Lipinski definition) is 0. The second kappa shape index (κ2) is 9.08. The summed E-state index contributed by atoms with van der Waals surface area (Å²) in [7, 11) is -1.33. The molecule has 1 fully saturated rings. The van der Waals surface area contributed by atoms with Crippen molar-refractivity contribution in [3.8, 4) is 22.7 Å². The molecule has 0 saturated carbocycles. The molecule has 1 atom stereocenters. The van der Waals surface area contributed by atoms with E-state index in [2.05, 4.69) is 11.5 Å². The second-order valence-corrected chi connectivity index (χ2v) is 10.0. The Balaban J connectivity index is 1.73. The van der Waals surface area contributed by atoms with Crippen molar-refractivity contribution in [3.05, 3.63) is 79.0 Å². The molecule has 0 aliphatic carbocycles. The topological polar surface area (TPSA) is 64.4 Å². The van der Waals surface area contributed by atoms with Crippen molar-refractivity contribution in [2.45, 2.75) is 19.0 Å². The van der Waals surface area contributed by atoms with Crippen molar-refractivity contribution < 1.29 is 13.2 Å². The Hall–Kier alpha value is -2.90. The molecule has 1 aromatic heterocycles. The molecule has 0 N–H and O–H groups in total. The minimum Gasteiger partial charge on any atom is -0.497 e. The summed E-state index contributed by atoms with van der Waals surface area (Å²) in [6.45, 7) is 5.09. The Morgan fingerprint density at radius 1 is 1.23 bits per heavy atom. The Morgan fingerprint density at radius 3 is 2.71 bits per heavy atom. The highest BCUT2D eigenvalue weighted by atomic mass is 32.2. The van der Waals surface area contributed by atoms with Gasteiger partial charge in [-0.25, -0.2) is 13.1 Å². The van der Waals surface area contributed by atoms with Crippen molar-refractivity contribution in [1.29, 1.82) is 0 Å². The average molecular weight is 438 g/mol. The molecule has 0 radical (unpaired) electrons. The van der Waals surface area contributed by atoms with Gasteiger partial charge in [0.1, 0.15) is 5.75 Å². The quantitative estimate of drug-likeness (QED) is 0.503. The van der Waals surface area contributed by atoms with Crippen molar-refractivity contribution >= 4 is 9.84 Å². The number of para-hydroxylation sites is 1. The fourth-order valence-electron chi connectivity index (χ4n) is 4.04. The predicted octanol–water partition coefficient (Wildman–Crippen LogP) is 3.72. The standard InChI is InChI=1S/C24H27N3O3S/c1-3-13-26(22-12-14-31(28,29)18-22)16-20-17-27(21-9-5-4-6-10-21)25-24(20)19-8-7-11-23(15-19)30-2/h3-11,15,17,22H,1,12-14,16,18H2,2H3/t22-/m0/s1. The SMILES string of the molecule is C=CCN(Cc1cn(-c2ccccc2)nc1-c1cccc(OC)c1)[C@H]1CCS(=O)(=O)C1. The summed E-state index contributed by atoms with van der Waals surface area (Å²) in [5.74, 6) is 1.21. The second-order valence-electron chi connectivity index (χ2n) is 7.79. The monoisotopic (exact) mass is 437 g/mol. The van der Waals surface area contributed by atoms with E-state index in [1.165, 1.54) is 0 Å². The summed E-state index contributed by atoms with van der Waals surface area (Å²) >= 11 is 0. The summed E-state index contributed by atoms with van der Waals surface area (Å²) in [5, 5.41) is 4.88. The number of sulfone groups is 1. The average Bonchev–Trinajstić information content (AvgIpc) is 3.37. The zero-order chi connectivity index (χ0) is 21.8. The van der Waals surface area contributed by atoms with Gasteiger partial charge in [0.2, 0.25) is 0 Å². The highest BCUT2D eigenvalue weighted by molar-refractivity contribution is 7.91. The van der Waals surface area contributed by atoms with Gasteiger partial charge in [-0.1, -0.05) is 36.4 Å². The first kappa shape index (κ1) is 21.3. The van der Waals surface area contributed by atoms with Crippen LogP contribution >= 0.6 is 0 Å². The molecule has 4 rings (SSSR count). The van der Waals surface area contributed by atoms with Gasteiger partial charge in [0.15, 0.2) is 9.84 Å². The maximum Gasteiger partial charge on any atom is 0.151 e. The molecule has 3 aromatic rings. The van der Waals surface area contributed by atoms with Crippen LogP contribution in [0.4, 0.5) is 0 Å². The van der Waals surface area contributed by atoms with Gasteiger partial charge in [-0.15, -0.1) is 6.58 Å². The van der Waals surface area contributed by atoms with Gasteiger partial charge in [-0.2, -0.15) is 5.10 Å². The van der Waals surface area contributed by atoms with Gasteiger partial charge in [-0.3, -0.25) is 4.90 Å². The van der Waals surface area contributed by atoms with Crippen LogP contribution in [0.2, 0.25) is 0 Å². The number of benzene rings is 2. The lowest BCUT2D eigenvalue weighted by Gasteiger charge is -2.26. The third-order valence-electron chi connectivity index (χ3n) is 5.62. The molecule has 0 unspecified atom stereocenters. The Kier molecular flexibility index (Phi) is 6.25. The number of methoxy groups -OCH3 is 1. The van der Waals surface area contributed by atoms with E-state index in [4.69, 9.17) is 9.84 Å². The molecule has 7 heteroatoms. The molecule has 0 spiro atoms. The van der Waals surface area contributed by atoms with E-state index in [0.717, 1.165) is 28.3 Å². The van der Waals surface area contributed by atoms with Crippen LogP contribution in [0.25, 0.3) is 16.9 Å². The molecule has 6 nitrogen and oxygen atoms in total. The number of rotatable bonds is 8. The number of hydrogen-bond acceptors (Lipinski definition) is 5. The summed E-state index contributed by atoms with van der Waals surface area (Å²) in [6, 6.07) is 17.8. The van der Waals surface area contributed by atoms with E-state index in [-0.39, 0.29) is 17.5 Å². The summed E-state index contributed by atoms with van der Waals surface area (Å²) in [4.78, 5) is 2.19. The first-order valence-electron chi connectivity index (χ1n) is 10.3.